The Labute approximate surface area is 161 Å². The van der Waals surface area contributed by atoms with Crippen LogP contribution in [0.1, 0.15) is 39.3 Å². The number of carbonyl (C=O) groups is 1. The maximum atomic E-state index is 12.6. The first-order chi connectivity index (χ1) is 13.1. The molecule has 0 fully saturated rings. The highest BCUT2D eigenvalue weighted by Gasteiger charge is 2.31. The fraction of sp³-hybridized carbons (Fsp3) is 0.455. The lowest BCUT2D eigenvalue weighted by molar-refractivity contribution is 0.0820. The molecule has 4 rings (SSSR count). The molecule has 0 saturated heterocycles. The van der Waals surface area contributed by atoms with Gasteiger partial charge in [-0.2, -0.15) is 5.10 Å². The summed E-state index contributed by atoms with van der Waals surface area (Å²) in [5, 5.41) is 8.49. The van der Waals surface area contributed by atoms with Crippen molar-refractivity contribution in [1.82, 2.24) is 20.0 Å². The zero-order chi connectivity index (χ0) is 19.0. The lowest BCUT2D eigenvalue weighted by Crippen LogP contribution is -2.42. The van der Waals surface area contributed by atoms with Gasteiger partial charge >= 0.3 is 0 Å². The molecule has 1 aromatic carbocycles. The van der Waals surface area contributed by atoms with E-state index >= 15 is 0 Å². The molecule has 1 N–H and O–H groups in total. The summed E-state index contributed by atoms with van der Waals surface area (Å²) in [7, 11) is 3.57. The van der Waals surface area contributed by atoms with Gasteiger partial charge in [0.15, 0.2) is 5.69 Å². The summed E-state index contributed by atoms with van der Waals surface area (Å²) < 4.78 is 1.96. The van der Waals surface area contributed by atoms with Gasteiger partial charge in [-0.25, -0.2) is 0 Å². The summed E-state index contributed by atoms with van der Waals surface area (Å²) in [4.78, 5) is 14.3. The second kappa shape index (κ2) is 7.31. The molecule has 1 amide bonds. The number of amides is 1. The summed E-state index contributed by atoms with van der Waals surface area (Å²) >= 11 is 0. The van der Waals surface area contributed by atoms with Crippen molar-refractivity contribution < 1.29 is 4.79 Å². The highest BCUT2D eigenvalue weighted by molar-refractivity contribution is 5.93. The molecule has 2 aromatic rings. The number of hydrogen-bond acceptors (Lipinski definition) is 3. The van der Waals surface area contributed by atoms with E-state index in [9.17, 15) is 4.79 Å². The van der Waals surface area contributed by atoms with Crippen molar-refractivity contribution in [2.75, 3.05) is 14.1 Å². The summed E-state index contributed by atoms with van der Waals surface area (Å²) in [5.41, 5.74) is 5.86. The van der Waals surface area contributed by atoms with Crippen molar-refractivity contribution in [3.63, 3.8) is 0 Å². The van der Waals surface area contributed by atoms with Crippen LogP contribution in [-0.2, 0) is 32.2 Å². The SMILES string of the molecule is C=CCn1nc(C(=O)N(C)C)c2c1CCC(NC1Cc3ccccc3C1)C2. The molecule has 2 aliphatic rings. The van der Waals surface area contributed by atoms with Crippen molar-refractivity contribution in [2.24, 2.45) is 0 Å². The van der Waals surface area contributed by atoms with E-state index in [0.717, 1.165) is 37.7 Å². The first-order valence-corrected chi connectivity index (χ1v) is 9.80. The average Bonchev–Trinajstić information content (AvgIpc) is 3.22. The molecule has 142 valence electrons. The van der Waals surface area contributed by atoms with Gasteiger partial charge in [0.25, 0.3) is 5.91 Å². The van der Waals surface area contributed by atoms with Gasteiger partial charge in [-0.3, -0.25) is 9.48 Å². The fourth-order valence-corrected chi connectivity index (χ4v) is 4.50. The smallest absolute Gasteiger partial charge is 0.274 e. The van der Waals surface area contributed by atoms with Gasteiger partial charge in [0, 0.05) is 37.4 Å². The first-order valence-electron chi connectivity index (χ1n) is 9.80. The van der Waals surface area contributed by atoms with Crippen molar-refractivity contribution in [1.29, 1.82) is 0 Å². The maximum Gasteiger partial charge on any atom is 0.274 e. The van der Waals surface area contributed by atoms with E-state index in [4.69, 9.17) is 0 Å². The first kappa shape index (κ1) is 18.0. The Morgan fingerprint density at radius 3 is 2.59 bits per heavy atom. The molecule has 1 heterocycles. The minimum atomic E-state index is -0.0111. The number of carbonyl (C=O) groups excluding carboxylic acids is 1. The lowest BCUT2D eigenvalue weighted by atomic mass is 9.90. The van der Waals surface area contributed by atoms with E-state index in [-0.39, 0.29) is 5.91 Å². The highest BCUT2D eigenvalue weighted by Crippen LogP contribution is 2.28. The van der Waals surface area contributed by atoms with E-state index in [0.29, 0.717) is 24.3 Å². The van der Waals surface area contributed by atoms with E-state index in [1.54, 1.807) is 19.0 Å². The number of allylic oxidation sites excluding steroid dienone is 1. The van der Waals surface area contributed by atoms with Gasteiger partial charge in [-0.05, 0) is 43.2 Å². The molecule has 0 aliphatic heterocycles. The Kier molecular flexibility index (Phi) is 4.87. The Balaban J connectivity index is 1.52. The van der Waals surface area contributed by atoms with Crippen molar-refractivity contribution in [3.05, 3.63) is 65.0 Å². The Morgan fingerprint density at radius 1 is 1.26 bits per heavy atom. The summed E-state index contributed by atoms with van der Waals surface area (Å²) in [5.74, 6) is -0.0111. The third-order valence-corrected chi connectivity index (χ3v) is 5.78. The van der Waals surface area contributed by atoms with Crippen LogP contribution in [0.15, 0.2) is 36.9 Å². The Hall–Kier alpha value is -2.40. The third-order valence-electron chi connectivity index (χ3n) is 5.78. The molecule has 0 bridgehead atoms. The molecule has 0 radical (unpaired) electrons. The topological polar surface area (TPSA) is 50.2 Å². The van der Waals surface area contributed by atoms with E-state index < -0.39 is 0 Å². The maximum absolute atomic E-state index is 12.6. The van der Waals surface area contributed by atoms with Gasteiger partial charge in [0.2, 0.25) is 0 Å². The monoisotopic (exact) mass is 364 g/mol. The molecule has 1 atom stereocenters. The van der Waals surface area contributed by atoms with Crippen LogP contribution in [-0.4, -0.2) is 46.8 Å². The molecule has 0 spiro atoms. The minimum absolute atomic E-state index is 0.0111. The zero-order valence-corrected chi connectivity index (χ0v) is 16.2. The average molecular weight is 364 g/mol. The minimum Gasteiger partial charge on any atom is -0.343 e. The van der Waals surface area contributed by atoms with Crippen molar-refractivity contribution >= 4 is 5.91 Å². The van der Waals surface area contributed by atoms with Crippen LogP contribution in [0.2, 0.25) is 0 Å². The quantitative estimate of drug-likeness (QED) is 0.829. The number of nitrogens with one attached hydrogen (secondary N) is 1. The van der Waals surface area contributed by atoms with Crippen molar-refractivity contribution in [2.45, 2.75) is 50.7 Å². The molecular weight excluding hydrogens is 336 g/mol. The van der Waals surface area contributed by atoms with Gasteiger partial charge in [0.05, 0.1) is 6.54 Å². The standard InChI is InChI=1S/C22H28N4O/c1-4-11-26-20-10-9-17(14-19(20)21(24-26)22(27)25(2)3)23-18-12-15-7-5-6-8-16(15)13-18/h4-8,17-18,23H,1,9-14H2,2-3H3. The molecule has 5 nitrogen and oxygen atoms in total. The van der Waals surface area contributed by atoms with Crippen LogP contribution in [0.5, 0.6) is 0 Å². The number of aromatic nitrogens is 2. The number of fused-ring (bicyclic) bond motifs is 2. The van der Waals surface area contributed by atoms with Crippen molar-refractivity contribution in [3.8, 4) is 0 Å². The summed E-state index contributed by atoms with van der Waals surface area (Å²) in [6, 6.07) is 9.62. The fourth-order valence-electron chi connectivity index (χ4n) is 4.50. The van der Waals surface area contributed by atoms with Gasteiger partial charge < -0.3 is 10.2 Å². The summed E-state index contributed by atoms with van der Waals surface area (Å²) in [6.45, 7) is 4.48. The van der Waals surface area contributed by atoms with Crippen LogP contribution in [0.25, 0.3) is 0 Å². The van der Waals surface area contributed by atoms with E-state index in [1.165, 1.54) is 16.8 Å². The van der Waals surface area contributed by atoms with E-state index in [1.807, 2.05) is 10.8 Å². The lowest BCUT2D eigenvalue weighted by Gasteiger charge is -2.27. The predicted octanol–water partition coefficient (Wildman–Crippen LogP) is 2.39. The van der Waals surface area contributed by atoms with Gasteiger partial charge in [-0.1, -0.05) is 30.3 Å². The van der Waals surface area contributed by atoms with Gasteiger partial charge in [-0.15, -0.1) is 6.58 Å². The second-order valence-corrected chi connectivity index (χ2v) is 7.92. The van der Waals surface area contributed by atoms with Gasteiger partial charge in [0.1, 0.15) is 0 Å². The van der Waals surface area contributed by atoms with E-state index in [2.05, 4.69) is 41.3 Å². The van der Waals surface area contributed by atoms with Crippen LogP contribution in [0.4, 0.5) is 0 Å². The van der Waals surface area contributed by atoms with Crippen LogP contribution in [0.3, 0.4) is 0 Å². The molecule has 5 heteroatoms. The molecule has 1 unspecified atom stereocenters. The second-order valence-electron chi connectivity index (χ2n) is 7.92. The molecule has 27 heavy (non-hydrogen) atoms. The Morgan fingerprint density at radius 2 is 1.96 bits per heavy atom. The molecule has 2 aliphatic carbocycles. The number of nitrogens with zero attached hydrogens (tertiary/aromatic N) is 3. The largest absolute Gasteiger partial charge is 0.343 e. The molecular formula is C22H28N4O. The summed E-state index contributed by atoms with van der Waals surface area (Å²) in [6.07, 6.45) is 6.94. The highest BCUT2D eigenvalue weighted by atomic mass is 16.2. The number of rotatable bonds is 5. The van der Waals surface area contributed by atoms with Crippen LogP contribution < -0.4 is 5.32 Å². The number of benzene rings is 1. The molecule has 1 aromatic heterocycles. The predicted molar refractivity (Wildman–Crippen MR) is 107 cm³/mol. The zero-order valence-electron chi connectivity index (χ0n) is 16.2. The normalized spacial score (nSPS) is 18.8. The van der Waals surface area contributed by atoms with Crippen LogP contribution in [0, 0.1) is 0 Å². The van der Waals surface area contributed by atoms with Crippen LogP contribution >= 0.6 is 0 Å². The third kappa shape index (κ3) is 3.44. The molecule has 0 saturated carbocycles. The Bertz CT molecular complexity index is 842. The number of hydrogen-bond donors (Lipinski definition) is 1.